The summed E-state index contributed by atoms with van der Waals surface area (Å²) < 4.78 is 0. The van der Waals surface area contributed by atoms with E-state index >= 15 is 0 Å². The molecule has 0 bridgehead atoms. The second-order valence-corrected chi connectivity index (χ2v) is 4.18. The summed E-state index contributed by atoms with van der Waals surface area (Å²) in [5.41, 5.74) is 5.06. The zero-order valence-electron chi connectivity index (χ0n) is 7.73. The zero-order chi connectivity index (χ0) is 9.71. The van der Waals surface area contributed by atoms with Crippen molar-refractivity contribution in [3.8, 4) is 0 Å². The molecule has 2 aliphatic carbocycles. The van der Waals surface area contributed by atoms with Gasteiger partial charge in [-0.3, -0.25) is 4.98 Å². The lowest BCUT2D eigenvalue weighted by molar-refractivity contribution is 0.652. The van der Waals surface area contributed by atoms with Crippen LogP contribution in [0.5, 0.6) is 0 Å². The Balaban J connectivity index is 1.94. The molecule has 2 unspecified atom stereocenters. The number of anilines is 1. The Hall–Kier alpha value is -1.39. The molecule has 1 aromatic heterocycles. The van der Waals surface area contributed by atoms with Crippen molar-refractivity contribution in [3.63, 3.8) is 0 Å². The fraction of sp³-hybridized carbons (Fsp3) is 0.667. The van der Waals surface area contributed by atoms with E-state index in [0.29, 0.717) is 5.92 Å². The normalized spacial score (nSPS) is 34.1. The van der Waals surface area contributed by atoms with Crippen molar-refractivity contribution in [3.05, 3.63) is 16.3 Å². The number of rotatable bonds is 1. The van der Waals surface area contributed by atoms with Gasteiger partial charge in [0.2, 0.25) is 5.95 Å². The van der Waals surface area contributed by atoms with Crippen molar-refractivity contribution in [2.75, 3.05) is 5.73 Å². The Morgan fingerprint density at radius 2 is 2.00 bits per heavy atom. The first-order chi connectivity index (χ1) is 6.75. The maximum absolute atomic E-state index is 11.1. The minimum Gasteiger partial charge on any atom is -0.368 e. The highest BCUT2D eigenvalue weighted by Gasteiger charge is 2.54. The molecule has 0 aliphatic heterocycles. The molecule has 0 radical (unpaired) electrons. The zero-order valence-corrected chi connectivity index (χ0v) is 7.73. The van der Waals surface area contributed by atoms with Crippen LogP contribution in [0.3, 0.4) is 0 Å². The molecule has 3 N–H and O–H groups in total. The van der Waals surface area contributed by atoms with Gasteiger partial charge >= 0.3 is 5.69 Å². The quantitative estimate of drug-likeness (QED) is 0.668. The van der Waals surface area contributed by atoms with Crippen molar-refractivity contribution in [1.29, 1.82) is 0 Å². The van der Waals surface area contributed by atoms with Gasteiger partial charge in [0.05, 0.1) is 0 Å². The molecule has 0 spiro atoms. The molecular formula is C9H12N4O. The lowest BCUT2D eigenvalue weighted by atomic mass is 10.1. The van der Waals surface area contributed by atoms with Gasteiger partial charge in [-0.05, 0) is 24.7 Å². The van der Waals surface area contributed by atoms with Gasteiger partial charge in [0, 0.05) is 5.92 Å². The third-order valence-electron chi connectivity index (χ3n) is 3.41. The molecule has 0 amide bonds. The van der Waals surface area contributed by atoms with Crippen LogP contribution in [0.25, 0.3) is 0 Å². The van der Waals surface area contributed by atoms with Gasteiger partial charge in [-0.15, -0.1) is 0 Å². The number of nitrogen functional groups attached to an aromatic ring is 1. The largest absolute Gasteiger partial charge is 0.368 e. The minimum atomic E-state index is -0.377. The van der Waals surface area contributed by atoms with E-state index in [0.717, 1.165) is 17.7 Å². The van der Waals surface area contributed by atoms with Gasteiger partial charge in [-0.2, -0.15) is 9.97 Å². The standard InChI is InChI=1S/C9H12N4O/c10-8-11-7(12-9(14)13-8)6-4-2-1-3-5(4)6/h4-6H,1-3H2,(H3,10,11,12,13,14). The predicted octanol–water partition coefficient (Wildman–Crippen LogP) is 0.261. The van der Waals surface area contributed by atoms with E-state index in [2.05, 4.69) is 15.0 Å². The number of nitrogens with two attached hydrogens (primary N) is 1. The maximum Gasteiger partial charge on any atom is 0.349 e. The van der Waals surface area contributed by atoms with E-state index < -0.39 is 0 Å². The summed E-state index contributed by atoms with van der Waals surface area (Å²) in [6.45, 7) is 0. The molecule has 2 saturated carbocycles. The Morgan fingerprint density at radius 3 is 2.64 bits per heavy atom. The minimum absolute atomic E-state index is 0.0914. The molecule has 2 atom stereocenters. The SMILES string of the molecule is Nc1nc(C2C3CCCC32)[nH]c(=O)n1. The van der Waals surface area contributed by atoms with Crippen LogP contribution in [0.4, 0.5) is 5.95 Å². The van der Waals surface area contributed by atoms with Gasteiger partial charge < -0.3 is 5.73 Å². The maximum atomic E-state index is 11.1. The average molecular weight is 192 g/mol. The summed E-state index contributed by atoms with van der Waals surface area (Å²) in [5, 5.41) is 0. The molecule has 2 fully saturated rings. The Kier molecular flexibility index (Phi) is 1.45. The van der Waals surface area contributed by atoms with Crippen LogP contribution >= 0.6 is 0 Å². The van der Waals surface area contributed by atoms with E-state index in [9.17, 15) is 4.79 Å². The lowest BCUT2D eigenvalue weighted by Crippen LogP contribution is -2.17. The topological polar surface area (TPSA) is 84.7 Å². The van der Waals surface area contributed by atoms with Crippen molar-refractivity contribution in [1.82, 2.24) is 15.0 Å². The molecule has 5 heteroatoms. The van der Waals surface area contributed by atoms with E-state index in [-0.39, 0.29) is 11.6 Å². The smallest absolute Gasteiger partial charge is 0.349 e. The number of aromatic nitrogens is 3. The van der Waals surface area contributed by atoms with Crippen molar-refractivity contribution < 1.29 is 0 Å². The second-order valence-electron chi connectivity index (χ2n) is 4.18. The molecule has 0 aromatic carbocycles. The number of hydrogen-bond acceptors (Lipinski definition) is 4. The number of nitrogens with zero attached hydrogens (tertiary/aromatic N) is 2. The van der Waals surface area contributed by atoms with E-state index in [4.69, 9.17) is 5.73 Å². The van der Waals surface area contributed by atoms with Crippen LogP contribution in [-0.4, -0.2) is 15.0 Å². The third kappa shape index (κ3) is 1.05. The van der Waals surface area contributed by atoms with Crippen LogP contribution in [0.2, 0.25) is 0 Å². The first kappa shape index (κ1) is 7.96. The van der Waals surface area contributed by atoms with Crippen LogP contribution in [-0.2, 0) is 0 Å². The Bertz CT molecular complexity index is 417. The summed E-state index contributed by atoms with van der Waals surface area (Å²) in [5.74, 6) is 2.76. The second kappa shape index (κ2) is 2.56. The highest BCUT2D eigenvalue weighted by atomic mass is 16.1. The molecular weight excluding hydrogens is 180 g/mol. The van der Waals surface area contributed by atoms with Crippen LogP contribution in [0.15, 0.2) is 4.79 Å². The van der Waals surface area contributed by atoms with Crippen LogP contribution < -0.4 is 11.4 Å². The number of aromatic amines is 1. The predicted molar refractivity (Wildman–Crippen MR) is 50.6 cm³/mol. The van der Waals surface area contributed by atoms with Gasteiger partial charge in [-0.25, -0.2) is 4.79 Å². The third-order valence-corrected chi connectivity index (χ3v) is 3.41. The summed E-state index contributed by atoms with van der Waals surface area (Å²) >= 11 is 0. The molecule has 2 aliphatic rings. The molecule has 1 heterocycles. The highest BCUT2D eigenvalue weighted by molar-refractivity contribution is 5.22. The van der Waals surface area contributed by atoms with Gasteiger partial charge in [-0.1, -0.05) is 6.42 Å². The summed E-state index contributed by atoms with van der Waals surface area (Å²) in [6, 6.07) is 0. The molecule has 3 rings (SSSR count). The molecule has 1 aromatic rings. The van der Waals surface area contributed by atoms with Gasteiger partial charge in [0.1, 0.15) is 5.82 Å². The van der Waals surface area contributed by atoms with E-state index in [1.165, 1.54) is 19.3 Å². The first-order valence-corrected chi connectivity index (χ1v) is 4.99. The lowest BCUT2D eigenvalue weighted by Gasteiger charge is -2.01. The molecule has 74 valence electrons. The van der Waals surface area contributed by atoms with Crippen LogP contribution in [0, 0.1) is 11.8 Å². The monoisotopic (exact) mass is 192 g/mol. The van der Waals surface area contributed by atoms with E-state index in [1.807, 2.05) is 0 Å². The van der Waals surface area contributed by atoms with Crippen molar-refractivity contribution >= 4 is 5.95 Å². The molecule has 0 saturated heterocycles. The number of nitrogens with one attached hydrogen (secondary N) is 1. The Morgan fingerprint density at radius 1 is 1.29 bits per heavy atom. The fourth-order valence-electron chi connectivity index (χ4n) is 2.80. The first-order valence-electron chi connectivity index (χ1n) is 4.99. The highest BCUT2D eigenvalue weighted by Crippen LogP contribution is 2.62. The molecule has 14 heavy (non-hydrogen) atoms. The van der Waals surface area contributed by atoms with Crippen molar-refractivity contribution in [2.24, 2.45) is 11.8 Å². The van der Waals surface area contributed by atoms with Crippen LogP contribution in [0.1, 0.15) is 31.0 Å². The van der Waals surface area contributed by atoms with E-state index in [1.54, 1.807) is 0 Å². The molecule has 5 nitrogen and oxygen atoms in total. The van der Waals surface area contributed by atoms with Gasteiger partial charge in [0.15, 0.2) is 0 Å². The van der Waals surface area contributed by atoms with Crippen molar-refractivity contribution in [2.45, 2.75) is 25.2 Å². The fourth-order valence-corrected chi connectivity index (χ4v) is 2.80. The summed E-state index contributed by atoms with van der Waals surface area (Å²) in [7, 11) is 0. The number of H-pyrrole nitrogens is 1. The summed E-state index contributed by atoms with van der Waals surface area (Å²) in [4.78, 5) is 21.3. The number of fused-ring (bicyclic) bond motifs is 1. The Labute approximate surface area is 80.8 Å². The summed E-state index contributed by atoms with van der Waals surface area (Å²) in [6.07, 6.45) is 3.85. The number of hydrogen-bond donors (Lipinski definition) is 2. The average Bonchev–Trinajstić information content (AvgIpc) is 2.59. The van der Waals surface area contributed by atoms with Gasteiger partial charge in [0.25, 0.3) is 0 Å².